The molecule has 2 N–H and O–H groups in total. The topological polar surface area (TPSA) is 42.1 Å². The van der Waals surface area contributed by atoms with Crippen LogP contribution in [0.4, 0.5) is 0 Å². The Morgan fingerprint density at radius 1 is 1.32 bits per heavy atom. The minimum Gasteiger partial charge on any atom is -0.322 e. The average Bonchev–Trinajstić information content (AvgIpc) is 3.02. The first kappa shape index (κ1) is 13.5. The monoisotopic (exact) mass is 279 g/mol. The molecule has 106 valence electrons. The standard InChI is InChI=1S/C15H25N3S/c1-12(16)14-17-13(11-19-14)10-18-8-6-15(7-9-18)4-2-3-5-15/h11-12H,2-10,16H2,1H3. The summed E-state index contributed by atoms with van der Waals surface area (Å²) in [7, 11) is 0. The molecule has 1 aliphatic carbocycles. The van der Waals surface area contributed by atoms with Gasteiger partial charge in [-0.2, -0.15) is 0 Å². The van der Waals surface area contributed by atoms with Crippen LogP contribution in [0.2, 0.25) is 0 Å². The predicted octanol–water partition coefficient (Wildman–Crippen LogP) is 3.32. The van der Waals surface area contributed by atoms with Gasteiger partial charge in [0.25, 0.3) is 0 Å². The number of rotatable bonds is 3. The highest BCUT2D eigenvalue weighted by Crippen LogP contribution is 2.46. The molecule has 1 saturated carbocycles. The molecule has 0 radical (unpaired) electrons. The summed E-state index contributed by atoms with van der Waals surface area (Å²) < 4.78 is 0. The van der Waals surface area contributed by atoms with Crippen molar-refractivity contribution >= 4 is 11.3 Å². The molecule has 19 heavy (non-hydrogen) atoms. The van der Waals surface area contributed by atoms with Gasteiger partial charge in [-0.3, -0.25) is 4.90 Å². The number of hydrogen-bond donors (Lipinski definition) is 1. The molecule has 1 aromatic rings. The van der Waals surface area contributed by atoms with Crippen LogP contribution in [0, 0.1) is 5.41 Å². The highest BCUT2D eigenvalue weighted by atomic mass is 32.1. The quantitative estimate of drug-likeness (QED) is 0.923. The summed E-state index contributed by atoms with van der Waals surface area (Å²) in [5, 5.41) is 3.25. The van der Waals surface area contributed by atoms with Gasteiger partial charge in [-0.15, -0.1) is 11.3 Å². The smallest absolute Gasteiger partial charge is 0.109 e. The van der Waals surface area contributed by atoms with Crippen molar-refractivity contribution in [3.05, 3.63) is 16.1 Å². The van der Waals surface area contributed by atoms with Gasteiger partial charge >= 0.3 is 0 Å². The highest BCUT2D eigenvalue weighted by molar-refractivity contribution is 7.09. The van der Waals surface area contributed by atoms with Gasteiger partial charge in [0, 0.05) is 11.9 Å². The molecule has 0 aromatic carbocycles. The first-order valence-corrected chi connectivity index (χ1v) is 8.47. The molecule has 2 heterocycles. The summed E-state index contributed by atoms with van der Waals surface area (Å²) in [4.78, 5) is 7.22. The van der Waals surface area contributed by atoms with Crippen molar-refractivity contribution < 1.29 is 0 Å². The lowest BCUT2D eigenvalue weighted by Gasteiger charge is -2.39. The number of nitrogens with zero attached hydrogens (tertiary/aromatic N) is 2. The van der Waals surface area contributed by atoms with Crippen molar-refractivity contribution in [3.8, 4) is 0 Å². The van der Waals surface area contributed by atoms with Crippen molar-refractivity contribution in [2.24, 2.45) is 11.1 Å². The van der Waals surface area contributed by atoms with Gasteiger partial charge < -0.3 is 5.73 Å². The van der Waals surface area contributed by atoms with Crippen molar-refractivity contribution in [2.75, 3.05) is 13.1 Å². The van der Waals surface area contributed by atoms with E-state index in [1.54, 1.807) is 11.3 Å². The number of hydrogen-bond acceptors (Lipinski definition) is 4. The maximum Gasteiger partial charge on any atom is 0.109 e. The van der Waals surface area contributed by atoms with Crippen molar-refractivity contribution in [2.45, 2.75) is 58.0 Å². The van der Waals surface area contributed by atoms with Gasteiger partial charge in [0.1, 0.15) is 5.01 Å². The van der Waals surface area contributed by atoms with Crippen LogP contribution < -0.4 is 5.73 Å². The third-order valence-electron chi connectivity index (χ3n) is 4.93. The maximum absolute atomic E-state index is 5.87. The van der Waals surface area contributed by atoms with Crippen LogP contribution in [0.5, 0.6) is 0 Å². The summed E-state index contributed by atoms with van der Waals surface area (Å²) in [5.74, 6) is 0. The molecule has 1 spiro atoms. The van der Waals surface area contributed by atoms with E-state index >= 15 is 0 Å². The fraction of sp³-hybridized carbons (Fsp3) is 0.800. The number of thiazole rings is 1. The van der Waals surface area contributed by atoms with Gasteiger partial charge in [-0.25, -0.2) is 4.98 Å². The van der Waals surface area contributed by atoms with Crippen LogP contribution in [0.25, 0.3) is 0 Å². The third-order valence-corrected chi connectivity index (χ3v) is 6.02. The highest BCUT2D eigenvalue weighted by Gasteiger charge is 2.36. The maximum atomic E-state index is 5.87. The molecule has 1 saturated heterocycles. The summed E-state index contributed by atoms with van der Waals surface area (Å²) in [5.41, 5.74) is 7.80. The predicted molar refractivity (Wildman–Crippen MR) is 80.1 cm³/mol. The zero-order valence-electron chi connectivity index (χ0n) is 11.9. The van der Waals surface area contributed by atoms with Crippen LogP contribution in [-0.2, 0) is 6.54 Å². The SMILES string of the molecule is CC(N)c1nc(CN2CCC3(CCCC3)CC2)cs1. The molecule has 3 nitrogen and oxygen atoms in total. The minimum atomic E-state index is 0.0712. The second-order valence-electron chi connectivity index (χ2n) is 6.45. The van der Waals surface area contributed by atoms with Gasteiger partial charge in [0.2, 0.25) is 0 Å². The largest absolute Gasteiger partial charge is 0.322 e. The van der Waals surface area contributed by atoms with Crippen molar-refractivity contribution in [1.82, 2.24) is 9.88 Å². The molecule has 0 bridgehead atoms. The van der Waals surface area contributed by atoms with Crippen molar-refractivity contribution in [1.29, 1.82) is 0 Å². The van der Waals surface area contributed by atoms with E-state index < -0.39 is 0 Å². The molecular weight excluding hydrogens is 254 g/mol. The van der Waals surface area contributed by atoms with Crippen LogP contribution in [0.15, 0.2) is 5.38 Å². The summed E-state index contributed by atoms with van der Waals surface area (Å²) in [6.45, 7) is 5.53. The molecule has 1 unspecified atom stereocenters. The summed E-state index contributed by atoms with van der Waals surface area (Å²) in [6.07, 6.45) is 8.68. The van der Waals surface area contributed by atoms with Crippen LogP contribution in [0.1, 0.15) is 62.2 Å². The number of likely N-dealkylation sites (tertiary alicyclic amines) is 1. The Hall–Kier alpha value is -0.450. The zero-order valence-corrected chi connectivity index (χ0v) is 12.7. The molecule has 1 atom stereocenters. The lowest BCUT2D eigenvalue weighted by atomic mass is 9.77. The van der Waals surface area contributed by atoms with Crippen LogP contribution in [0.3, 0.4) is 0 Å². The van der Waals surface area contributed by atoms with Crippen molar-refractivity contribution in [3.63, 3.8) is 0 Å². The Morgan fingerprint density at radius 3 is 2.58 bits per heavy atom. The third kappa shape index (κ3) is 3.01. The number of nitrogens with two attached hydrogens (primary N) is 1. The van der Waals surface area contributed by atoms with Gasteiger partial charge in [-0.1, -0.05) is 12.8 Å². The molecule has 0 amide bonds. The van der Waals surface area contributed by atoms with E-state index in [9.17, 15) is 0 Å². The Morgan fingerprint density at radius 2 is 2.00 bits per heavy atom. The van der Waals surface area contributed by atoms with E-state index in [1.807, 2.05) is 6.92 Å². The number of aromatic nitrogens is 1. The fourth-order valence-electron chi connectivity index (χ4n) is 3.64. The van der Waals surface area contributed by atoms with Crippen LogP contribution in [-0.4, -0.2) is 23.0 Å². The fourth-order valence-corrected chi connectivity index (χ4v) is 4.41. The van der Waals surface area contributed by atoms with Gasteiger partial charge in [-0.05, 0) is 51.1 Å². The van der Waals surface area contributed by atoms with Crippen LogP contribution >= 0.6 is 11.3 Å². The van der Waals surface area contributed by atoms with E-state index in [-0.39, 0.29) is 6.04 Å². The second kappa shape index (κ2) is 5.51. The van der Waals surface area contributed by atoms with E-state index in [0.29, 0.717) is 0 Å². The molecule has 2 aliphatic rings. The summed E-state index contributed by atoms with van der Waals surface area (Å²) in [6, 6.07) is 0.0712. The molecule has 1 aromatic heterocycles. The van der Waals surface area contributed by atoms with E-state index in [2.05, 4.69) is 15.3 Å². The molecular formula is C15H25N3S. The second-order valence-corrected chi connectivity index (χ2v) is 7.34. The lowest BCUT2D eigenvalue weighted by molar-refractivity contribution is 0.103. The first-order chi connectivity index (χ1) is 9.17. The zero-order chi connectivity index (χ0) is 13.3. The minimum absolute atomic E-state index is 0.0712. The van der Waals surface area contributed by atoms with Gasteiger partial charge in [0.15, 0.2) is 0 Å². The number of piperidine rings is 1. The Balaban J connectivity index is 1.54. The Kier molecular flexibility index (Phi) is 3.92. The normalized spacial score (nSPS) is 24.9. The lowest BCUT2D eigenvalue weighted by Crippen LogP contribution is -2.38. The van der Waals surface area contributed by atoms with Gasteiger partial charge in [0.05, 0.1) is 11.7 Å². The molecule has 2 fully saturated rings. The Labute approximate surface area is 120 Å². The molecule has 3 rings (SSSR count). The Bertz CT molecular complexity index is 411. The first-order valence-electron chi connectivity index (χ1n) is 7.59. The molecule has 1 aliphatic heterocycles. The van der Waals surface area contributed by atoms with E-state index in [1.165, 1.54) is 57.3 Å². The summed E-state index contributed by atoms with van der Waals surface area (Å²) >= 11 is 1.70. The average molecular weight is 279 g/mol. The van der Waals surface area contributed by atoms with E-state index in [4.69, 9.17) is 5.73 Å². The molecule has 4 heteroatoms. The van der Waals surface area contributed by atoms with E-state index in [0.717, 1.165) is 17.0 Å².